The Bertz CT molecular complexity index is 696. The van der Waals surface area contributed by atoms with E-state index in [2.05, 4.69) is 16.4 Å². The number of fused-ring (bicyclic) bond motifs is 1. The third-order valence-electron chi connectivity index (χ3n) is 3.95. The number of nitriles is 1. The van der Waals surface area contributed by atoms with Crippen molar-refractivity contribution in [1.29, 1.82) is 5.26 Å². The summed E-state index contributed by atoms with van der Waals surface area (Å²) in [6, 6.07) is 11.8. The van der Waals surface area contributed by atoms with Crippen LogP contribution in [0.4, 0.5) is 5.69 Å². The van der Waals surface area contributed by atoms with Gasteiger partial charge in [0.15, 0.2) is 0 Å². The number of hydrogen-bond acceptors (Lipinski definition) is 3. The van der Waals surface area contributed by atoms with Crippen LogP contribution in [-0.4, -0.2) is 10.9 Å². The molecule has 0 spiro atoms. The minimum absolute atomic E-state index is 0.199. The first-order valence-electron chi connectivity index (χ1n) is 6.81. The Hall–Kier alpha value is -2.41. The highest BCUT2D eigenvalue weighted by atomic mass is 16.2. The number of anilines is 1. The highest BCUT2D eigenvalue weighted by molar-refractivity contribution is 5.98. The van der Waals surface area contributed by atoms with E-state index in [0.717, 1.165) is 23.7 Å². The SMILES string of the molecule is N#CC1(C(=O)Nc2cnc3ccccc3c2)CCCC1. The molecule has 4 nitrogen and oxygen atoms in total. The van der Waals surface area contributed by atoms with E-state index in [1.165, 1.54) is 0 Å². The average Bonchev–Trinajstić information content (AvgIpc) is 2.97. The predicted molar refractivity (Wildman–Crippen MR) is 76.9 cm³/mol. The van der Waals surface area contributed by atoms with Gasteiger partial charge in [-0.3, -0.25) is 9.78 Å². The number of nitrogens with zero attached hydrogens (tertiary/aromatic N) is 2. The van der Waals surface area contributed by atoms with E-state index in [1.807, 2.05) is 30.3 Å². The van der Waals surface area contributed by atoms with Crippen LogP contribution in [0, 0.1) is 16.7 Å². The molecule has 1 N–H and O–H groups in total. The zero-order valence-electron chi connectivity index (χ0n) is 11.1. The molecule has 0 atom stereocenters. The van der Waals surface area contributed by atoms with Crippen LogP contribution in [0.25, 0.3) is 10.9 Å². The molecule has 1 saturated carbocycles. The molecule has 0 unspecified atom stereocenters. The fourth-order valence-electron chi connectivity index (χ4n) is 2.76. The first-order valence-corrected chi connectivity index (χ1v) is 6.81. The largest absolute Gasteiger partial charge is 0.323 e. The summed E-state index contributed by atoms with van der Waals surface area (Å²) in [5, 5.41) is 13.1. The summed E-state index contributed by atoms with van der Waals surface area (Å²) in [7, 11) is 0. The van der Waals surface area contributed by atoms with Crippen molar-refractivity contribution in [3.8, 4) is 6.07 Å². The van der Waals surface area contributed by atoms with E-state index in [9.17, 15) is 10.1 Å². The molecule has 1 fully saturated rings. The molecule has 20 heavy (non-hydrogen) atoms. The van der Waals surface area contributed by atoms with Gasteiger partial charge in [-0.2, -0.15) is 5.26 Å². The molecule has 3 rings (SSSR count). The van der Waals surface area contributed by atoms with E-state index >= 15 is 0 Å². The van der Waals surface area contributed by atoms with Crippen molar-refractivity contribution in [3.05, 3.63) is 36.5 Å². The Balaban J connectivity index is 1.86. The van der Waals surface area contributed by atoms with Gasteiger partial charge in [0, 0.05) is 5.39 Å². The van der Waals surface area contributed by atoms with Crippen molar-refractivity contribution >= 4 is 22.5 Å². The molecule has 100 valence electrons. The van der Waals surface area contributed by atoms with E-state index in [0.29, 0.717) is 18.5 Å². The molecule has 4 heteroatoms. The third kappa shape index (κ3) is 2.12. The lowest BCUT2D eigenvalue weighted by Crippen LogP contribution is -2.32. The summed E-state index contributed by atoms with van der Waals surface area (Å²) in [5.41, 5.74) is 0.683. The molecule has 0 aliphatic heterocycles. The molecule has 1 aromatic heterocycles. The van der Waals surface area contributed by atoms with Gasteiger partial charge in [0.05, 0.1) is 23.5 Å². The molecule has 0 saturated heterocycles. The first-order chi connectivity index (χ1) is 9.73. The van der Waals surface area contributed by atoms with Gasteiger partial charge in [0.2, 0.25) is 5.91 Å². The van der Waals surface area contributed by atoms with Crippen LogP contribution in [0.1, 0.15) is 25.7 Å². The lowest BCUT2D eigenvalue weighted by Gasteiger charge is -2.19. The molecule has 0 bridgehead atoms. The molecule has 2 aromatic rings. The quantitative estimate of drug-likeness (QED) is 0.906. The minimum atomic E-state index is -0.856. The number of hydrogen-bond donors (Lipinski definition) is 1. The number of para-hydroxylation sites is 1. The molecule has 1 amide bonds. The van der Waals surface area contributed by atoms with E-state index in [-0.39, 0.29) is 5.91 Å². The van der Waals surface area contributed by atoms with Gasteiger partial charge in [-0.15, -0.1) is 0 Å². The van der Waals surface area contributed by atoms with Gasteiger partial charge in [-0.1, -0.05) is 31.0 Å². The van der Waals surface area contributed by atoms with Gasteiger partial charge in [-0.05, 0) is 25.0 Å². The number of amides is 1. The first kappa shape index (κ1) is 12.6. The number of carbonyl (C=O) groups is 1. The summed E-state index contributed by atoms with van der Waals surface area (Å²) in [5.74, 6) is -0.199. The van der Waals surface area contributed by atoms with Gasteiger partial charge < -0.3 is 5.32 Å². The number of benzene rings is 1. The number of aromatic nitrogens is 1. The number of pyridine rings is 1. The zero-order chi connectivity index (χ0) is 14.0. The Kier molecular flexibility index (Phi) is 3.11. The summed E-state index contributed by atoms with van der Waals surface area (Å²) >= 11 is 0. The topological polar surface area (TPSA) is 65.8 Å². The smallest absolute Gasteiger partial charge is 0.244 e. The van der Waals surface area contributed by atoms with Crippen molar-refractivity contribution in [1.82, 2.24) is 4.98 Å². The van der Waals surface area contributed by atoms with Crippen LogP contribution >= 0.6 is 0 Å². The van der Waals surface area contributed by atoms with Crippen LogP contribution in [0.2, 0.25) is 0 Å². The highest BCUT2D eigenvalue weighted by Gasteiger charge is 2.41. The van der Waals surface area contributed by atoms with Crippen LogP contribution in [-0.2, 0) is 4.79 Å². The Labute approximate surface area is 117 Å². The third-order valence-corrected chi connectivity index (χ3v) is 3.95. The van der Waals surface area contributed by atoms with Crippen LogP contribution < -0.4 is 5.32 Å². The Morgan fingerprint density at radius 1 is 1.30 bits per heavy atom. The second kappa shape index (κ2) is 4.93. The van der Waals surface area contributed by atoms with Gasteiger partial charge in [-0.25, -0.2) is 0 Å². The molecule has 0 radical (unpaired) electrons. The number of rotatable bonds is 2. The summed E-state index contributed by atoms with van der Waals surface area (Å²) in [4.78, 5) is 16.7. The van der Waals surface area contributed by atoms with Crippen LogP contribution in [0.5, 0.6) is 0 Å². The summed E-state index contributed by atoms with van der Waals surface area (Å²) < 4.78 is 0. The van der Waals surface area contributed by atoms with Crippen LogP contribution in [0.3, 0.4) is 0 Å². The van der Waals surface area contributed by atoms with Crippen molar-refractivity contribution in [3.63, 3.8) is 0 Å². The van der Waals surface area contributed by atoms with Gasteiger partial charge in [0.25, 0.3) is 0 Å². The molecule has 1 aliphatic rings. The molecule has 1 aromatic carbocycles. The zero-order valence-corrected chi connectivity index (χ0v) is 11.1. The minimum Gasteiger partial charge on any atom is -0.323 e. The standard InChI is InChI=1S/C16H15N3O/c17-11-16(7-3-4-8-16)15(20)19-13-9-12-5-1-2-6-14(12)18-10-13/h1-2,5-6,9-10H,3-4,7-8H2,(H,19,20). The van der Waals surface area contributed by atoms with E-state index in [1.54, 1.807) is 6.20 Å². The second-order valence-electron chi connectivity index (χ2n) is 5.27. The summed E-state index contributed by atoms with van der Waals surface area (Å²) in [6.07, 6.45) is 4.82. The Morgan fingerprint density at radius 2 is 2.05 bits per heavy atom. The van der Waals surface area contributed by atoms with Crippen molar-refractivity contribution < 1.29 is 4.79 Å². The maximum absolute atomic E-state index is 12.3. The van der Waals surface area contributed by atoms with E-state index in [4.69, 9.17) is 0 Å². The van der Waals surface area contributed by atoms with Gasteiger partial charge >= 0.3 is 0 Å². The lowest BCUT2D eigenvalue weighted by atomic mass is 9.87. The van der Waals surface area contributed by atoms with Crippen LogP contribution in [0.15, 0.2) is 36.5 Å². The average molecular weight is 265 g/mol. The van der Waals surface area contributed by atoms with E-state index < -0.39 is 5.41 Å². The monoisotopic (exact) mass is 265 g/mol. The van der Waals surface area contributed by atoms with Crippen molar-refractivity contribution in [2.45, 2.75) is 25.7 Å². The Morgan fingerprint density at radius 3 is 2.80 bits per heavy atom. The molecular formula is C16H15N3O. The lowest BCUT2D eigenvalue weighted by molar-refractivity contribution is -0.122. The predicted octanol–water partition coefficient (Wildman–Crippen LogP) is 3.26. The fourth-order valence-corrected chi connectivity index (χ4v) is 2.76. The fraction of sp³-hybridized carbons (Fsp3) is 0.312. The molecule has 1 heterocycles. The highest BCUT2D eigenvalue weighted by Crippen LogP contribution is 2.38. The number of nitrogens with one attached hydrogen (secondary N) is 1. The van der Waals surface area contributed by atoms with Gasteiger partial charge in [0.1, 0.15) is 5.41 Å². The molecule has 1 aliphatic carbocycles. The molecular weight excluding hydrogens is 250 g/mol. The maximum Gasteiger partial charge on any atom is 0.244 e. The second-order valence-corrected chi connectivity index (χ2v) is 5.27. The van der Waals surface area contributed by atoms with Crippen molar-refractivity contribution in [2.24, 2.45) is 5.41 Å². The normalized spacial score (nSPS) is 16.8. The maximum atomic E-state index is 12.3. The summed E-state index contributed by atoms with van der Waals surface area (Å²) in [6.45, 7) is 0. The number of carbonyl (C=O) groups excluding carboxylic acids is 1. The van der Waals surface area contributed by atoms with Crippen molar-refractivity contribution in [2.75, 3.05) is 5.32 Å².